The van der Waals surface area contributed by atoms with Crippen LogP contribution >= 0.6 is 0 Å². The second-order valence-electron chi connectivity index (χ2n) is 6.52. The first-order valence-electron chi connectivity index (χ1n) is 8.69. The molecule has 0 aromatic heterocycles. The van der Waals surface area contributed by atoms with Gasteiger partial charge in [-0.2, -0.15) is 0 Å². The average molecular weight is 338 g/mol. The van der Waals surface area contributed by atoms with Gasteiger partial charge in [0, 0.05) is 31.9 Å². The molecule has 1 amide bonds. The van der Waals surface area contributed by atoms with E-state index < -0.39 is 6.10 Å². The minimum atomic E-state index is -0.555. The summed E-state index contributed by atoms with van der Waals surface area (Å²) < 4.78 is 11.5. The molecule has 1 saturated heterocycles. The standard InChI is InChI=1S/C20H22N2O3/c1-15-5-4-6-16(13-15)21-9-11-22(12-10-21)20(23)19-14-24-17-7-2-3-8-18(17)25-19/h2-8,13,19H,9-12,14H2,1H3. The summed E-state index contributed by atoms with van der Waals surface area (Å²) in [5, 5.41) is 0. The van der Waals surface area contributed by atoms with Crippen molar-refractivity contribution in [1.82, 2.24) is 4.90 Å². The zero-order chi connectivity index (χ0) is 17.2. The Morgan fingerprint density at radius 2 is 1.76 bits per heavy atom. The molecule has 0 spiro atoms. The molecular formula is C20H22N2O3. The minimum Gasteiger partial charge on any atom is -0.485 e. The van der Waals surface area contributed by atoms with Crippen molar-refractivity contribution in [2.75, 3.05) is 37.7 Å². The predicted molar refractivity (Wildman–Crippen MR) is 96.3 cm³/mol. The third kappa shape index (κ3) is 3.27. The van der Waals surface area contributed by atoms with E-state index >= 15 is 0 Å². The van der Waals surface area contributed by atoms with Gasteiger partial charge in [-0.05, 0) is 36.8 Å². The highest BCUT2D eigenvalue weighted by atomic mass is 16.6. The summed E-state index contributed by atoms with van der Waals surface area (Å²) in [6.07, 6.45) is -0.555. The van der Waals surface area contributed by atoms with E-state index in [4.69, 9.17) is 9.47 Å². The summed E-state index contributed by atoms with van der Waals surface area (Å²) in [5.41, 5.74) is 2.47. The van der Waals surface area contributed by atoms with Crippen molar-refractivity contribution >= 4 is 11.6 Å². The maximum Gasteiger partial charge on any atom is 0.267 e. The first kappa shape index (κ1) is 15.8. The van der Waals surface area contributed by atoms with E-state index in [1.807, 2.05) is 29.2 Å². The van der Waals surface area contributed by atoms with Crippen molar-refractivity contribution in [3.8, 4) is 11.5 Å². The van der Waals surface area contributed by atoms with Crippen molar-refractivity contribution in [1.29, 1.82) is 0 Å². The van der Waals surface area contributed by atoms with Crippen LogP contribution in [0, 0.1) is 6.92 Å². The molecule has 2 aromatic rings. The number of aryl methyl sites for hydroxylation is 1. The van der Waals surface area contributed by atoms with Gasteiger partial charge in [-0.15, -0.1) is 0 Å². The molecule has 0 saturated carbocycles. The lowest BCUT2D eigenvalue weighted by Gasteiger charge is -2.38. The fourth-order valence-electron chi connectivity index (χ4n) is 3.35. The highest BCUT2D eigenvalue weighted by Gasteiger charge is 2.32. The number of anilines is 1. The summed E-state index contributed by atoms with van der Waals surface area (Å²) in [6.45, 7) is 5.44. The van der Waals surface area contributed by atoms with Crippen LogP contribution in [0.3, 0.4) is 0 Å². The zero-order valence-corrected chi connectivity index (χ0v) is 14.4. The van der Waals surface area contributed by atoms with Gasteiger partial charge in [-0.1, -0.05) is 24.3 Å². The molecule has 0 radical (unpaired) electrons. The van der Waals surface area contributed by atoms with Crippen molar-refractivity contribution in [3.05, 3.63) is 54.1 Å². The van der Waals surface area contributed by atoms with Crippen molar-refractivity contribution in [2.24, 2.45) is 0 Å². The maximum absolute atomic E-state index is 12.8. The van der Waals surface area contributed by atoms with Crippen LogP contribution in [0.4, 0.5) is 5.69 Å². The Morgan fingerprint density at radius 1 is 1.00 bits per heavy atom. The van der Waals surface area contributed by atoms with Gasteiger partial charge >= 0.3 is 0 Å². The molecule has 1 fully saturated rings. The lowest BCUT2D eigenvalue weighted by atomic mass is 10.2. The van der Waals surface area contributed by atoms with Crippen LogP contribution in [0.15, 0.2) is 48.5 Å². The number of carbonyl (C=O) groups excluding carboxylic acids is 1. The summed E-state index contributed by atoms with van der Waals surface area (Å²) in [5.74, 6) is 1.36. The van der Waals surface area contributed by atoms with Gasteiger partial charge in [0.15, 0.2) is 11.5 Å². The monoisotopic (exact) mass is 338 g/mol. The smallest absolute Gasteiger partial charge is 0.267 e. The normalized spacial score (nSPS) is 19.6. The van der Waals surface area contributed by atoms with E-state index in [1.54, 1.807) is 0 Å². The average Bonchev–Trinajstić information content (AvgIpc) is 2.67. The van der Waals surface area contributed by atoms with Crippen LogP contribution in [0.25, 0.3) is 0 Å². The molecule has 1 unspecified atom stereocenters. The quantitative estimate of drug-likeness (QED) is 0.844. The highest BCUT2D eigenvalue weighted by molar-refractivity contribution is 5.82. The molecule has 25 heavy (non-hydrogen) atoms. The van der Waals surface area contributed by atoms with Crippen LogP contribution in [-0.2, 0) is 4.79 Å². The summed E-state index contributed by atoms with van der Waals surface area (Å²) in [4.78, 5) is 17.0. The van der Waals surface area contributed by atoms with Gasteiger partial charge in [0.25, 0.3) is 5.91 Å². The Balaban J connectivity index is 1.37. The topological polar surface area (TPSA) is 42.0 Å². The molecule has 0 N–H and O–H groups in total. The van der Waals surface area contributed by atoms with Crippen LogP contribution in [0.1, 0.15) is 5.56 Å². The first-order valence-corrected chi connectivity index (χ1v) is 8.69. The van der Waals surface area contributed by atoms with Crippen LogP contribution in [-0.4, -0.2) is 49.7 Å². The number of rotatable bonds is 2. The number of para-hydroxylation sites is 2. The van der Waals surface area contributed by atoms with Crippen molar-refractivity contribution in [3.63, 3.8) is 0 Å². The van der Waals surface area contributed by atoms with Gasteiger partial charge in [0.1, 0.15) is 6.61 Å². The van der Waals surface area contributed by atoms with E-state index in [0.29, 0.717) is 24.6 Å². The fourth-order valence-corrected chi connectivity index (χ4v) is 3.35. The largest absolute Gasteiger partial charge is 0.485 e. The van der Waals surface area contributed by atoms with E-state index in [-0.39, 0.29) is 12.5 Å². The molecule has 2 aliphatic rings. The number of hydrogen-bond donors (Lipinski definition) is 0. The SMILES string of the molecule is Cc1cccc(N2CCN(C(=O)C3COc4ccccc4O3)CC2)c1. The minimum absolute atomic E-state index is 0.0124. The van der Waals surface area contributed by atoms with Crippen molar-refractivity contribution < 1.29 is 14.3 Å². The molecular weight excluding hydrogens is 316 g/mol. The van der Waals surface area contributed by atoms with Crippen LogP contribution in [0.2, 0.25) is 0 Å². The molecule has 2 aliphatic heterocycles. The number of piperazine rings is 1. The predicted octanol–water partition coefficient (Wildman–Crippen LogP) is 2.48. The fraction of sp³-hybridized carbons (Fsp3) is 0.350. The van der Waals surface area contributed by atoms with E-state index in [9.17, 15) is 4.79 Å². The molecule has 5 nitrogen and oxygen atoms in total. The van der Waals surface area contributed by atoms with Gasteiger partial charge in [-0.3, -0.25) is 4.79 Å². The number of ether oxygens (including phenoxy) is 2. The highest BCUT2D eigenvalue weighted by Crippen LogP contribution is 2.31. The molecule has 5 heteroatoms. The Kier molecular flexibility index (Phi) is 4.22. The third-order valence-corrected chi connectivity index (χ3v) is 4.74. The third-order valence-electron chi connectivity index (χ3n) is 4.74. The maximum atomic E-state index is 12.8. The molecule has 2 aromatic carbocycles. The number of nitrogens with zero attached hydrogens (tertiary/aromatic N) is 2. The number of benzene rings is 2. The second-order valence-corrected chi connectivity index (χ2v) is 6.52. The second kappa shape index (κ2) is 6.67. The van der Waals surface area contributed by atoms with Crippen molar-refractivity contribution in [2.45, 2.75) is 13.0 Å². The van der Waals surface area contributed by atoms with E-state index in [1.165, 1.54) is 11.3 Å². The summed E-state index contributed by atoms with van der Waals surface area (Å²) in [7, 11) is 0. The Bertz CT molecular complexity index is 769. The van der Waals surface area contributed by atoms with E-state index in [2.05, 4.69) is 36.1 Å². The zero-order valence-electron chi connectivity index (χ0n) is 14.4. The lowest BCUT2D eigenvalue weighted by Crippen LogP contribution is -2.54. The number of carbonyl (C=O) groups is 1. The number of amides is 1. The first-order chi connectivity index (χ1) is 12.2. The molecule has 0 aliphatic carbocycles. The number of fused-ring (bicyclic) bond motifs is 1. The lowest BCUT2D eigenvalue weighted by molar-refractivity contribution is -0.141. The Morgan fingerprint density at radius 3 is 2.52 bits per heavy atom. The van der Waals surface area contributed by atoms with Gasteiger partial charge in [0.2, 0.25) is 6.10 Å². The molecule has 1 atom stereocenters. The molecule has 0 bridgehead atoms. The molecule has 130 valence electrons. The van der Waals surface area contributed by atoms with Gasteiger partial charge < -0.3 is 19.3 Å². The van der Waals surface area contributed by atoms with Crippen LogP contribution in [0.5, 0.6) is 11.5 Å². The number of hydrogen-bond acceptors (Lipinski definition) is 4. The molecule has 4 rings (SSSR count). The van der Waals surface area contributed by atoms with Crippen LogP contribution < -0.4 is 14.4 Å². The Hall–Kier alpha value is -2.69. The molecule has 2 heterocycles. The Labute approximate surface area is 147 Å². The summed E-state index contributed by atoms with van der Waals surface area (Å²) >= 11 is 0. The van der Waals surface area contributed by atoms with Gasteiger partial charge in [-0.25, -0.2) is 0 Å². The van der Waals surface area contributed by atoms with Gasteiger partial charge in [0.05, 0.1) is 0 Å². The van der Waals surface area contributed by atoms with E-state index in [0.717, 1.165) is 13.1 Å². The summed E-state index contributed by atoms with van der Waals surface area (Å²) in [6, 6.07) is 16.0.